The van der Waals surface area contributed by atoms with E-state index in [-0.39, 0.29) is 0 Å². The summed E-state index contributed by atoms with van der Waals surface area (Å²) in [7, 11) is 1.65. The molecule has 1 unspecified atom stereocenters. The van der Waals surface area contributed by atoms with Crippen molar-refractivity contribution >= 4 is 0 Å². The number of ether oxygens (including phenoxy) is 2. The van der Waals surface area contributed by atoms with Crippen LogP contribution in [0.2, 0.25) is 0 Å². The minimum absolute atomic E-state index is 0.381. The molecule has 0 heterocycles. The van der Waals surface area contributed by atoms with Crippen LogP contribution in [-0.4, -0.2) is 13.9 Å². The van der Waals surface area contributed by atoms with Crippen LogP contribution in [0, 0.1) is 11.3 Å². The third-order valence-corrected chi connectivity index (χ3v) is 2.96. The first-order valence-corrected chi connectivity index (χ1v) is 5.35. The summed E-state index contributed by atoms with van der Waals surface area (Å²) in [5, 5.41) is 0. The molecule has 1 atom stereocenters. The molecule has 1 aliphatic rings. The maximum absolute atomic E-state index is 5.43. The van der Waals surface area contributed by atoms with E-state index in [0.717, 1.165) is 24.5 Å². The van der Waals surface area contributed by atoms with Gasteiger partial charge in [0, 0.05) is 13.5 Å². The lowest BCUT2D eigenvalue weighted by atomic mass is 9.74. The highest BCUT2D eigenvalue weighted by Gasteiger charge is 2.26. The van der Waals surface area contributed by atoms with Crippen molar-refractivity contribution in [3.63, 3.8) is 0 Å². The second-order valence-electron chi connectivity index (χ2n) is 5.06. The van der Waals surface area contributed by atoms with Crippen LogP contribution in [0.3, 0.4) is 0 Å². The topological polar surface area (TPSA) is 18.5 Å². The fourth-order valence-corrected chi connectivity index (χ4v) is 1.86. The van der Waals surface area contributed by atoms with Gasteiger partial charge in [0.1, 0.15) is 0 Å². The fraction of sp³-hybridized carbons (Fsp3) is 0.833. The zero-order chi connectivity index (χ0) is 10.6. The summed E-state index contributed by atoms with van der Waals surface area (Å²) in [6.45, 7) is 7.32. The predicted molar refractivity (Wildman–Crippen MR) is 57.8 cm³/mol. The van der Waals surface area contributed by atoms with E-state index >= 15 is 0 Å². The average Bonchev–Trinajstić information content (AvgIpc) is 2.14. The minimum Gasteiger partial charge on any atom is -0.472 e. The van der Waals surface area contributed by atoms with Crippen molar-refractivity contribution in [2.75, 3.05) is 13.9 Å². The average molecular weight is 198 g/mol. The maximum Gasteiger partial charge on any atom is 0.188 e. The van der Waals surface area contributed by atoms with Crippen LogP contribution in [0.25, 0.3) is 0 Å². The number of rotatable bonds is 3. The van der Waals surface area contributed by atoms with Gasteiger partial charge in [-0.2, -0.15) is 0 Å². The molecule has 0 saturated carbocycles. The molecule has 0 amide bonds. The Labute approximate surface area is 87.3 Å². The van der Waals surface area contributed by atoms with E-state index < -0.39 is 0 Å². The molecule has 0 aromatic heterocycles. The third-order valence-electron chi connectivity index (χ3n) is 2.96. The summed E-state index contributed by atoms with van der Waals surface area (Å²) in [6, 6.07) is 0. The predicted octanol–water partition coefficient (Wildman–Crippen LogP) is 3.34. The Morgan fingerprint density at radius 2 is 2.14 bits per heavy atom. The lowest BCUT2D eigenvalue weighted by Crippen LogP contribution is -2.22. The molecule has 0 fully saturated rings. The Balaban J connectivity index is 2.39. The summed E-state index contributed by atoms with van der Waals surface area (Å²) in [5.41, 5.74) is 0.420. The van der Waals surface area contributed by atoms with Gasteiger partial charge in [-0.1, -0.05) is 20.8 Å². The zero-order valence-electron chi connectivity index (χ0n) is 9.80. The van der Waals surface area contributed by atoms with Crippen molar-refractivity contribution in [1.29, 1.82) is 0 Å². The molecule has 0 radical (unpaired) electrons. The Bertz CT molecular complexity index is 201. The van der Waals surface area contributed by atoms with Gasteiger partial charge in [0.05, 0.1) is 5.76 Å². The van der Waals surface area contributed by atoms with E-state index in [1.165, 1.54) is 6.42 Å². The van der Waals surface area contributed by atoms with Gasteiger partial charge in [0.2, 0.25) is 0 Å². The number of allylic oxidation sites excluding steroid dienone is 2. The Kier molecular flexibility index (Phi) is 3.99. The molecule has 0 spiro atoms. The summed E-state index contributed by atoms with van der Waals surface area (Å²) in [6.07, 6.45) is 5.66. The van der Waals surface area contributed by atoms with Crippen LogP contribution >= 0.6 is 0 Å². The highest BCUT2D eigenvalue weighted by Crippen LogP contribution is 2.37. The van der Waals surface area contributed by atoms with Crippen molar-refractivity contribution in [2.45, 2.75) is 40.0 Å². The van der Waals surface area contributed by atoms with Gasteiger partial charge in [-0.3, -0.25) is 0 Å². The Morgan fingerprint density at radius 1 is 1.43 bits per heavy atom. The fourth-order valence-electron chi connectivity index (χ4n) is 1.86. The van der Waals surface area contributed by atoms with Crippen molar-refractivity contribution in [2.24, 2.45) is 11.3 Å². The largest absolute Gasteiger partial charge is 0.472 e. The third kappa shape index (κ3) is 3.33. The van der Waals surface area contributed by atoms with E-state index in [0.29, 0.717) is 12.2 Å². The zero-order valence-corrected chi connectivity index (χ0v) is 9.80. The standard InChI is InChI=1S/C12H22O2/c1-12(2,3)10-5-7-11(8-6-10)14-9-13-4/h7,10H,5-6,8-9H2,1-4H3. The van der Waals surface area contributed by atoms with Crippen LogP contribution < -0.4 is 0 Å². The minimum atomic E-state index is 0.381. The monoisotopic (exact) mass is 198 g/mol. The van der Waals surface area contributed by atoms with Crippen LogP contribution in [0.5, 0.6) is 0 Å². The number of hydrogen-bond donors (Lipinski definition) is 0. The van der Waals surface area contributed by atoms with E-state index in [2.05, 4.69) is 26.8 Å². The second kappa shape index (κ2) is 4.83. The molecule has 1 aliphatic carbocycles. The van der Waals surface area contributed by atoms with Crippen molar-refractivity contribution < 1.29 is 9.47 Å². The van der Waals surface area contributed by atoms with Gasteiger partial charge in [0.25, 0.3) is 0 Å². The maximum atomic E-state index is 5.43. The molecule has 2 heteroatoms. The molecular weight excluding hydrogens is 176 g/mol. The Hall–Kier alpha value is -0.500. The molecule has 0 saturated heterocycles. The Morgan fingerprint density at radius 3 is 2.57 bits per heavy atom. The number of hydrogen-bond acceptors (Lipinski definition) is 2. The summed E-state index contributed by atoms with van der Waals surface area (Å²) < 4.78 is 10.3. The lowest BCUT2D eigenvalue weighted by molar-refractivity contribution is -0.00190. The molecular formula is C12H22O2. The van der Waals surface area contributed by atoms with Gasteiger partial charge in [-0.15, -0.1) is 0 Å². The number of methoxy groups -OCH3 is 1. The molecule has 0 bridgehead atoms. The highest BCUT2D eigenvalue weighted by molar-refractivity contribution is 5.00. The van der Waals surface area contributed by atoms with Gasteiger partial charge < -0.3 is 9.47 Å². The summed E-state index contributed by atoms with van der Waals surface area (Å²) in [5.74, 6) is 1.89. The normalized spacial score (nSPS) is 23.1. The lowest BCUT2D eigenvalue weighted by Gasteiger charge is -2.32. The van der Waals surface area contributed by atoms with Crippen LogP contribution in [0.15, 0.2) is 11.8 Å². The molecule has 82 valence electrons. The van der Waals surface area contributed by atoms with Gasteiger partial charge in [0.15, 0.2) is 6.79 Å². The van der Waals surface area contributed by atoms with E-state index in [9.17, 15) is 0 Å². The summed E-state index contributed by atoms with van der Waals surface area (Å²) in [4.78, 5) is 0. The van der Waals surface area contributed by atoms with E-state index in [1.54, 1.807) is 7.11 Å². The SMILES string of the molecule is COCOC1=CCC(C(C)(C)C)CC1. The first-order chi connectivity index (χ1) is 6.54. The quantitative estimate of drug-likeness (QED) is 0.647. The first-order valence-electron chi connectivity index (χ1n) is 5.35. The van der Waals surface area contributed by atoms with Crippen LogP contribution in [-0.2, 0) is 9.47 Å². The van der Waals surface area contributed by atoms with Gasteiger partial charge >= 0.3 is 0 Å². The molecule has 0 aliphatic heterocycles. The van der Waals surface area contributed by atoms with Crippen molar-refractivity contribution in [1.82, 2.24) is 0 Å². The van der Waals surface area contributed by atoms with Crippen LogP contribution in [0.4, 0.5) is 0 Å². The molecule has 0 aromatic rings. The summed E-state index contributed by atoms with van der Waals surface area (Å²) >= 11 is 0. The molecule has 1 rings (SSSR count). The van der Waals surface area contributed by atoms with Crippen molar-refractivity contribution in [3.8, 4) is 0 Å². The highest BCUT2D eigenvalue weighted by atomic mass is 16.7. The molecule has 2 nitrogen and oxygen atoms in total. The van der Waals surface area contributed by atoms with E-state index in [1.807, 2.05) is 0 Å². The molecule has 14 heavy (non-hydrogen) atoms. The van der Waals surface area contributed by atoms with Crippen LogP contribution in [0.1, 0.15) is 40.0 Å². The van der Waals surface area contributed by atoms with Gasteiger partial charge in [-0.25, -0.2) is 0 Å². The smallest absolute Gasteiger partial charge is 0.188 e. The first kappa shape index (κ1) is 11.6. The molecule has 0 N–H and O–H groups in total. The van der Waals surface area contributed by atoms with E-state index in [4.69, 9.17) is 9.47 Å². The van der Waals surface area contributed by atoms with Crippen molar-refractivity contribution in [3.05, 3.63) is 11.8 Å². The van der Waals surface area contributed by atoms with Gasteiger partial charge in [-0.05, 0) is 30.3 Å². The molecule has 0 aromatic carbocycles. The second-order valence-corrected chi connectivity index (χ2v) is 5.06.